The number of thiazole rings is 1. The molecule has 4 nitrogen and oxygen atoms in total. The molecule has 1 fully saturated rings. The predicted octanol–water partition coefficient (Wildman–Crippen LogP) is 2.86. The van der Waals surface area contributed by atoms with E-state index in [1.807, 2.05) is 6.92 Å². The molecule has 1 aromatic rings. The summed E-state index contributed by atoms with van der Waals surface area (Å²) in [5.74, 6) is 0.331. The lowest BCUT2D eigenvalue weighted by Crippen LogP contribution is -2.42. The van der Waals surface area contributed by atoms with Gasteiger partial charge in [0.1, 0.15) is 0 Å². The van der Waals surface area contributed by atoms with Crippen LogP contribution >= 0.6 is 11.3 Å². The van der Waals surface area contributed by atoms with Crippen LogP contribution in [0.5, 0.6) is 0 Å². The summed E-state index contributed by atoms with van der Waals surface area (Å²) in [6, 6.07) is 0.481. The van der Waals surface area contributed by atoms with Gasteiger partial charge in [0.2, 0.25) is 0 Å². The summed E-state index contributed by atoms with van der Waals surface area (Å²) in [7, 11) is 1.40. The molecule has 0 aliphatic carbocycles. The van der Waals surface area contributed by atoms with Crippen LogP contribution in [-0.4, -0.2) is 30.6 Å². The highest BCUT2D eigenvalue weighted by atomic mass is 32.1. The summed E-state index contributed by atoms with van der Waals surface area (Å²) >= 11 is 1.58. The Bertz CT molecular complexity index is 444. The second-order valence-corrected chi connectivity index (χ2v) is 6.13. The van der Waals surface area contributed by atoms with E-state index in [9.17, 15) is 4.79 Å². The number of ether oxygens (including phenoxy) is 1. The van der Waals surface area contributed by atoms with Crippen molar-refractivity contribution in [3.05, 3.63) is 10.6 Å². The van der Waals surface area contributed by atoms with Gasteiger partial charge in [-0.3, -0.25) is 0 Å². The SMILES string of the molecule is COC(=O)c1nc(N2CCCC(C)C2C)sc1C. The number of carbonyl (C=O) groups is 1. The van der Waals surface area contributed by atoms with Crippen LogP contribution in [-0.2, 0) is 4.74 Å². The molecule has 0 bridgehead atoms. The molecule has 0 amide bonds. The molecule has 0 spiro atoms. The standard InChI is InChI=1S/C13H20N2O2S/c1-8-6-5-7-15(9(8)2)13-14-11(10(3)18-13)12(16)17-4/h8-9H,5-7H2,1-4H3. The number of esters is 1. The van der Waals surface area contributed by atoms with Crippen molar-refractivity contribution in [2.24, 2.45) is 5.92 Å². The van der Waals surface area contributed by atoms with Crippen molar-refractivity contribution in [2.45, 2.75) is 39.7 Å². The summed E-state index contributed by atoms with van der Waals surface area (Å²) in [6.07, 6.45) is 2.46. The van der Waals surface area contributed by atoms with E-state index in [2.05, 4.69) is 23.7 Å². The van der Waals surface area contributed by atoms with Crippen LogP contribution in [0.1, 0.15) is 42.1 Å². The van der Waals surface area contributed by atoms with Gasteiger partial charge in [-0.05, 0) is 32.6 Å². The fourth-order valence-corrected chi connectivity index (χ4v) is 3.41. The zero-order valence-corrected chi connectivity index (χ0v) is 12.2. The fraction of sp³-hybridized carbons (Fsp3) is 0.692. The Labute approximate surface area is 112 Å². The molecule has 1 aromatic heterocycles. The zero-order valence-electron chi connectivity index (χ0n) is 11.4. The van der Waals surface area contributed by atoms with Gasteiger partial charge in [-0.25, -0.2) is 9.78 Å². The average Bonchev–Trinajstić information content (AvgIpc) is 2.73. The first-order chi connectivity index (χ1) is 8.54. The van der Waals surface area contributed by atoms with Crippen molar-refractivity contribution in [1.29, 1.82) is 0 Å². The summed E-state index contributed by atoms with van der Waals surface area (Å²) in [6.45, 7) is 7.46. The Morgan fingerprint density at radius 1 is 1.50 bits per heavy atom. The van der Waals surface area contributed by atoms with Crippen molar-refractivity contribution in [3.8, 4) is 0 Å². The molecule has 18 heavy (non-hydrogen) atoms. The Hall–Kier alpha value is -1.10. The number of aromatic nitrogens is 1. The minimum absolute atomic E-state index is 0.340. The van der Waals surface area contributed by atoms with Crippen LogP contribution in [0.3, 0.4) is 0 Å². The third-order valence-corrected chi connectivity index (χ3v) is 4.79. The molecule has 0 N–H and O–H groups in total. The highest BCUT2D eigenvalue weighted by Crippen LogP contribution is 2.32. The van der Waals surface area contributed by atoms with E-state index < -0.39 is 0 Å². The Balaban J connectivity index is 2.26. The van der Waals surface area contributed by atoms with Gasteiger partial charge in [-0.1, -0.05) is 6.92 Å². The number of hydrogen-bond acceptors (Lipinski definition) is 5. The highest BCUT2D eigenvalue weighted by molar-refractivity contribution is 7.15. The molecule has 2 heterocycles. The third-order valence-electron chi connectivity index (χ3n) is 3.78. The van der Waals surface area contributed by atoms with E-state index in [1.165, 1.54) is 20.0 Å². The lowest BCUT2D eigenvalue weighted by atomic mass is 9.93. The van der Waals surface area contributed by atoms with E-state index in [4.69, 9.17) is 4.74 Å². The first kappa shape index (κ1) is 13.3. The van der Waals surface area contributed by atoms with Gasteiger partial charge in [-0.2, -0.15) is 0 Å². The topological polar surface area (TPSA) is 42.4 Å². The maximum atomic E-state index is 11.6. The fourth-order valence-electron chi connectivity index (χ4n) is 2.40. The van der Waals surface area contributed by atoms with Crippen molar-refractivity contribution >= 4 is 22.4 Å². The van der Waals surface area contributed by atoms with Gasteiger partial charge in [0.25, 0.3) is 0 Å². The van der Waals surface area contributed by atoms with Crippen LogP contribution < -0.4 is 4.90 Å². The average molecular weight is 268 g/mol. The molecular weight excluding hydrogens is 248 g/mol. The Morgan fingerprint density at radius 2 is 2.22 bits per heavy atom. The monoisotopic (exact) mass is 268 g/mol. The van der Waals surface area contributed by atoms with Gasteiger partial charge in [0, 0.05) is 17.5 Å². The van der Waals surface area contributed by atoms with E-state index in [0.29, 0.717) is 17.7 Å². The first-order valence-corrected chi connectivity index (χ1v) is 7.18. The molecule has 0 radical (unpaired) electrons. The van der Waals surface area contributed by atoms with Gasteiger partial charge in [-0.15, -0.1) is 11.3 Å². The Kier molecular flexibility index (Phi) is 3.90. The van der Waals surface area contributed by atoms with Crippen molar-refractivity contribution < 1.29 is 9.53 Å². The minimum atomic E-state index is -0.340. The van der Waals surface area contributed by atoms with Crippen molar-refractivity contribution in [2.75, 3.05) is 18.6 Å². The van der Waals surface area contributed by atoms with Gasteiger partial charge in [0.15, 0.2) is 10.8 Å². The highest BCUT2D eigenvalue weighted by Gasteiger charge is 2.28. The third kappa shape index (κ3) is 2.36. The second-order valence-electron chi connectivity index (χ2n) is 4.95. The number of nitrogens with zero attached hydrogens (tertiary/aromatic N) is 2. The lowest BCUT2D eigenvalue weighted by molar-refractivity contribution is 0.0594. The van der Waals surface area contributed by atoms with E-state index in [0.717, 1.165) is 16.6 Å². The van der Waals surface area contributed by atoms with Crippen LogP contribution in [0.4, 0.5) is 5.13 Å². The summed E-state index contributed by atoms with van der Waals surface area (Å²) in [5, 5.41) is 0.951. The van der Waals surface area contributed by atoms with E-state index >= 15 is 0 Å². The largest absolute Gasteiger partial charge is 0.464 e. The number of methoxy groups -OCH3 is 1. The molecule has 0 saturated carbocycles. The zero-order chi connectivity index (χ0) is 13.3. The number of piperidine rings is 1. The normalized spacial score (nSPS) is 24.1. The molecule has 1 aliphatic heterocycles. The second kappa shape index (κ2) is 5.26. The number of hydrogen-bond donors (Lipinski definition) is 0. The van der Waals surface area contributed by atoms with Crippen molar-refractivity contribution in [3.63, 3.8) is 0 Å². The molecule has 0 aromatic carbocycles. The maximum Gasteiger partial charge on any atom is 0.357 e. The smallest absolute Gasteiger partial charge is 0.357 e. The molecule has 5 heteroatoms. The molecule has 2 rings (SSSR count). The molecule has 1 saturated heterocycles. The summed E-state index contributed by atoms with van der Waals surface area (Å²) in [4.78, 5) is 19.3. The number of rotatable bonds is 2. The number of aryl methyl sites for hydroxylation is 1. The van der Waals surface area contributed by atoms with Crippen LogP contribution in [0, 0.1) is 12.8 Å². The van der Waals surface area contributed by atoms with E-state index in [-0.39, 0.29) is 5.97 Å². The van der Waals surface area contributed by atoms with Gasteiger partial charge >= 0.3 is 5.97 Å². The molecule has 2 atom stereocenters. The van der Waals surface area contributed by atoms with Gasteiger partial charge in [0.05, 0.1) is 7.11 Å². The molecular formula is C13H20N2O2S. The molecule has 100 valence electrons. The molecule has 1 aliphatic rings. The first-order valence-electron chi connectivity index (χ1n) is 6.37. The van der Waals surface area contributed by atoms with Crippen molar-refractivity contribution in [1.82, 2.24) is 4.98 Å². The van der Waals surface area contributed by atoms with Gasteiger partial charge < -0.3 is 9.64 Å². The quantitative estimate of drug-likeness (QED) is 0.774. The number of carbonyl (C=O) groups excluding carboxylic acids is 1. The van der Waals surface area contributed by atoms with Crippen LogP contribution in [0.2, 0.25) is 0 Å². The maximum absolute atomic E-state index is 11.6. The summed E-state index contributed by atoms with van der Waals surface area (Å²) < 4.78 is 4.75. The van der Waals surface area contributed by atoms with E-state index in [1.54, 1.807) is 11.3 Å². The molecule has 2 unspecified atom stereocenters. The lowest BCUT2D eigenvalue weighted by Gasteiger charge is -2.37. The predicted molar refractivity (Wildman–Crippen MR) is 73.4 cm³/mol. The van der Waals surface area contributed by atoms with Crippen LogP contribution in [0.25, 0.3) is 0 Å². The summed E-state index contributed by atoms with van der Waals surface area (Å²) in [5.41, 5.74) is 0.461. The Morgan fingerprint density at radius 3 is 2.89 bits per heavy atom. The van der Waals surface area contributed by atoms with Crippen LogP contribution in [0.15, 0.2) is 0 Å². The number of anilines is 1. The minimum Gasteiger partial charge on any atom is -0.464 e.